The molecule has 0 aromatic heterocycles. The first kappa shape index (κ1) is 29.9. The Balaban J connectivity index is 0.000000620. The largest absolute Gasteiger partial charge is 0.371 e. The second kappa shape index (κ2) is 16.5. The number of hydrogen-bond acceptors (Lipinski definition) is 2. The van der Waals surface area contributed by atoms with Crippen molar-refractivity contribution >= 4 is 0 Å². The highest BCUT2D eigenvalue weighted by Gasteiger charge is 2.25. The van der Waals surface area contributed by atoms with E-state index in [1.165, 1.54) is 37.2 Å². The molecule has 1 fully saturated rings. The van der Waals surface area contributed by atoms with E-state index in [1.807, 2.05) is 13.0 Å². The van der Waals surface area contributed by atoms with Crippen LogP contribution in [0.25, 0.3) is 0 Å². The van der Waals surface area contributed by atoms with Crippen molar-refractivity contribution in [3.05, 3.63) is 82.9 Å². The summed E-state index contributed by atoms with van der Waals surface area (Å²) in [6, 6.07) is 5.41. The fourth-order valence-electron chi connectivity index (χ4n) is 4.54. The molecule has 0 saturated carbocycles. The van der Waals surface area contributed by atoms with Crippen molar-refractivity contribution in [2.24, 2.45) is 0 Å². The van der Waals surface area contributed by atoms with Crippen LogP contribution in [-0.4, -0.2) is 43.0 Å². The first-order valence-electron chi connectivity index (χ1n) is 13.1. The Morgan fingerprint density at radius 1 is 1.12 bits per heavy atom. The van der Waals surface area contributed by atoms with Crippen LogP contribution in [-0.2, 0) is 0 Å². The van der Waals surface area contributed by atoms with E-state index in [0.717, 1.165) is 49.1 Å². The summed E-state index contributed by atoms with van der Waals surface area (Å²) in [5.41, 5.74) is 5.52. The summed E-state index contributed by atoms with van der Waals surface area (Å²) in [4.78, 5) is 4.77. The summed E-state index contributed by atoms with van der Waals surface area (Å²) in [6.45, 7) is 21.4. The number of aryl methyl sites for hydroxylation is 1. The van der Waals surface area contributed by atoms with Gasteiger partial charge in [-0.1, -0.05) is 69.4 Å². The van der Waals surface area contributed by atoms with E-state index in [2.05, 4.69) is 82.3 Å². The molecule has 0 spiro atoms. The summed E-state index contributed by atoms with van der Waals surface area (Å²) in [7, 11) is 2.17. The second-order valence-electron chi connectivity index (χ2n) is 9.66. The summed E-state index contributed by atoms with van der Waals surface area (Å²) in [5.74, 6) is 0.256. The second-order valence-corrected chi connectivity index (χ2v) is 9.66. The predicted octanol–water partition coefficient (Wildman–Crippen LogP) is 8.42. The molecule has 0 unspecified atom stereocenters. The van der Waals surface area contributed by atoms with Gasteiger partial charge in [0, 0.05) is 18.8 Å². The highest BCUT2D eigenvalue weighted by Crippen LogP contribution is 2.34. The lowest BCUT2D eigenvalue weighted by molar-refractivity contribution is 0.264. The highest BCUT2D eigenvalue weighted by molar-refractivity contribution is 5.38. The van der Waals surface area contributed by atoms with E-state index in [4.69, 9.17) is 0 Å². The molecule has 0 N–H and O–H groups in total. The van der Waals surface area contributed by atoms with Gasteiger partial charge < -0.3 is 9.80 Å². The minimum atomic E-state index is -0.0539. The molecule has 1 aromatic carbocycles. The standard InChI is InChI=1S/C24H32FN.C7H17N/c1-6-9-23(19(4)11-7-10-18(2)3)26-16-14-21(15-17-26)24-20(5)12-8-13-22(24)25;1-4-6-8(3)7-5-2/h7-13,21H,4,6,14-17H2,1-3,5H3;4-7H2,1-3H3/b11-7-,23-9+;. The maximum absolute atomic E-state index is 14.3. The first-order chi connectivity index (χ1) is 16.2. The Labute approximate surface area is 209 Å². The van der Waals surface area contributed by atoms with E-state index in [0.29, 0.717) is 5.92 Å². The molecule has 0 aliphatic carbocycles. The molecule has 1 aromatic rings. The van der Waals surface area contributed by atoms with Crippen LogP contribution >= 0.6 is 0 Å². The molecule has 0 atom stereocenters. The number of likely N-dealkylation sites (tertiary alicyclic amines) is 1. The van der Waals surface area contributed by atoms with Gasteiger partial charge in [0.1, 0.15) is 5.82 Å². The lowest BCUT2D eigenvalue weighted by Gasteiger charge is -2.36. The lowest BCUT2D eigenvalue weighted by atomic mass is 9.86. The van der Waals surface area contributed by atoms with Gasteiger partial charge in [0.2, 0.25) is 0 Å². The molecule has 0 radical (unpaired) electrons. The topological polar surface area (TPSA) is 6.48 Å². The van der Waals surface area contributed by atoms with Crippen LogP contribution in [0.1, 0.15) is 83.8 Å². The van der Waals surface area contributed by atoms with Crippen LogP contribution in [0.2, 0.25) is 0 Å². The monoisotopic (exact) mass is 468 g/mol. The van der Waals surface area contributed by atoms with Crippen molar-refractivity contribution in [3.63, 3.8) is 0 Å². The third-order valence-corrected chi connectivity index (χ3v) is 6.18. The van der Waals surface area contributed by atoms with E-state index < -0.39 is 0 Å². The van der Waals surface area contributed by atoms with Gasteiger partial charge >= 0.3 is 0 Å². The number of allylic oxidation sites excluding steroid dienone is 5. The SMILES string of the molecule is C=C(/C=C\C=C(C)C)/C(=C\CC)N1CCC(c2c(C)cccc2F)CC1.CCCN(C)CCC. The fraction of sp³-hybridized carbons (Fsp3) is 0.548. The molecule has 34 heavy (non-hydrogen) atoms. The Morgan fingerprint density at radius 3 is 2.24 bits per heavy atom. The summed E-state index contributed by atoms with van der Waals surface area (Å²) in [5, 5.41) is 0. The minimum Gasteiger partial charge on any atom is -0.371 e. The van der Waals surface area contributed by atoms with Crippen molar-refractivity contribution in [2.75, 3.05) is 33.2 Å². The molecule has 1 aliphatic rings. The Morgan fingerprint density at radius 2 is 1.74 bits per heavy atom. The van der Waals surface area contributed by atoms with Crippen LogP contribution in [0.15, 0.2) is 65.9 Å². The van der Waals surface area contributed by atoms with Crippen LogP contribution in [0.5, 0.6) is 0 Å². The van der Waals surface area contributed by atoms with Crippen molar-refractivity contribution in [1.29, 1.82) is 0 Å². The fourth-order valence-corrected chi connectivity index (χ4v) is 4.54. The molecule has 0 bridgehead atoms. The zero-order valence-corrected chi connectivity index (χ0v) is 23.0. The molecule has 1 aliphatic heterocycles. The van der Waals surface area contributed by atoms with Crippen molar-refractivity contribution in [1.82, 2.24) is 9.80 Å². The Kier molecular flexibility index (Phi) is 14.5. The molecule has 2 nitrogen and oxygen atoms in total. The molecule has 190 valence electrons. The number of halogens is 1. The lowest BCUT2D eigenvalue weighted by Crippen LogP contribution is -2.33. The van der Waals surface area contributed by atoms with Gasteiger partial charge in [-0.25, -0.2) is 4.39 Å². The zero-order chi connectivity index (χ0) is 25.5. The number of hydrogen-bond donors (Lipinski definition) is 0. The van der Waals surface area contributed by atoms with E-state index in [9.17, 15) is 4.39 Å². The summed E-state index contributed by atoms with van der Waals surface area (Å²) >= 11 is 0. The van der Waals surface area contributed by atoms with Gasteiger partial charge in [0.25, 0.3) is 0 Å². The van der Waals surface area contributed by atoms with Crippen molar-refractivity contribution < 1.29 is 4.39 Å². The van der Waals surface area contributed by atoms with Crippen LogP contribution in [0.3, 0.4) is 0 Å². The average molecular weight is 469 g/mol. The first-order valence-corrected chi connectivity index (χ1v) is 13.1. The number of nitrogens with zero attached hydrogens (tertiary/aromatic N) is 2. The Hall–Kier alpha value is -2.13. The normalized spacial score (nSPS) is 14.9. The van der Waals surface area contributed by atoms with Gasteiger partial charge in [-0.3, -0.25) is 0 Å². The maximum atomic E-state index is 14.3. The van der Waals surface area contributed by atoms with Gasteiger partial charge in [-0.15, -0.1) is 0 Å². The Bertz CT molecular complexity index is 796. The number of rotatable bonds is 10. The summed E-state index contributed by atoms with van der Waals surface area (Å²) in [6.07, 6.45) is 14.0. The molecule has 2 rings (SSSR count). The van der Waals surface area contributed by atoms with Gasteiger partial charge in [0.15, 0.2) is 0 Å². The number of piperidine rings is 1. The predicted molar refractivity (Wildman–Crippen MR) is 149 cm³/mol. The quantitative estimate of drug-likeness (QED) is 0.318. The van der Waals surface area contributed by atoms with Crippen molar-refractivity contribution in [3.8, 4) is 0 Å². The smallest absolute Gasteiger partial charge is 0.126 e. The van der Waals surface area contributed by atoms with Gasteiger partial charge in [-0.05, 0) is 102 Å². The third-order valence-electron chi connectivity index (χ3n) is 6.18. The molecule has 3 heteroatoms. The van der Waals surface area contributed by atoms with E-state index in [-0.39, 0.29) is 5.82 Å². The highest BCUT2D eigenvalue weighted by atomic mass is 19.1. The molecular weight excluding hydrogens is 419 g/mol. The van der Waals surface area contributed by atoms with Gasteiger partial charge in [-0.2, -0.15) is 0 Å². The molecular formula is C31H49FN2. The van der Waals surface area contributed by atoms with Crippen LogP contribution in [0, 0.1) is 12.7 Å². The summed E-state index contributed by atoms with van der Waals surface area (Å²) < 4.78 is 14.3. The minimum absolute atomic E-state index is 0.0539. The van der Waals surface area contributed by atoms with E-state index in [1.54, 1.807) is 12.1 Å². The maximum Gasteiger partial charge on any atom is 0.126 e. The molecule has 1 heterocycles. The van der Waals surface area contributed by atoms with Gasteiger partial charge in [0.05, 0.1) is 0 Å². The molecule has 0 amide bonds. The molecule has 1 saturated heterocycles. The zero-order valence-electron chi connectivity index (χ0n) is 23.0. The van der Waals surface area contributed by atoms with Crippen LogP contribution in [0.4, 0.5) is 4.39 Å². The van der Waals surface area contributed by atoms with E-state index >= 15 is 0 Å². The average Bonchev–Trinajstić information content (AvgIpc) is 2.78. The van der Waals surface area contributed by atoms with Crippen LogP contribution < -0.4 is 0 Å². The van der Waals surface area contributed by atoms with Crippen molar-refractivity contribution in [2.45, 2.75) is 79.6 Å². The third kappa shape index (κ3) is 10.4. The number of benzene rings is 1.